The highest BCUT2D eigenvalue weighted by Gasteiger charge is 2.17. The minimum atomic E-state index is -0.160. The average molecular weight is 275 g/mol. The summed E-state index contributed by atoms with van der Waals surface area (Å²) in [4.78, 5) is 0. The van der Waals surface area contributed by atoms with Gasteiger partial charge in [0.15, 0.2) is 0 Å². The second-order valence-electron chi connectivity index (χ2n) is 6.08. The maximum atomic E-state index is 5.96. The first-order valence-electron chi connectivity index (χ1n) is 7.35. The van der Waals surface area contributed by atoms with Crippen molar-refractivity contribution in [2.24, 2.45) is 0 Å². The summed E-state index contributed by atoms with van der Waals surface area (Å²) in [7, 11) is 0. The molecule has 0 atom stereocenters. The van der Waals surface area contributed by atoms with E-state index in [9.17, 15) is 0 Å². The van der Waals surface area contributed by atoms with Crippen LogP contribution in [0.1, 0.15) is 45.4 Å². The zero-order chi connectivity index (χ0) is 14.6. The number of para-hydroxylation sites is 1. The van der Waals surface area contributed by atoms with E-state index in [1.807, 2.05) is 12.1 Å². The third-order valence-corrected chi connectivity index (χ3v) is 3.15. The highest BCUT2D eigenvalue weighted by atomic mass is 16.5. The Morgan fingerprint density at radius 3 is 2.65 bits per heavy atom. The Morgan fingerprint density at radius 1 is 1.20 bits per heavy atom. The second kappa shape index (κ2) is 6.42. The van der Waals surface area contributed by atoms with E-state index in [2.05, 4.69) is 45.1 Å². The summed E-state index contributed by atoms with van der Waals surface area (Å²) < 4.78 is 11.8. The summed E-state index contributed by atoms with van der Waals surface area (Å²) >= 11 is 0. The van der Waals surface area contributed by atoms with Gasteiger partial charge < -0.3 is 14.5 Å². The molecule has 0 aliphatic rings. The molecule has 2 aromatic rings. The average Bonchev–Trinajstić information content (AvgIpc) is 2.74. The van der Waals surface area contributed by atoms with Crippen molar-refractivity contribution in [3.05, 3.63) is 35.6 Å². The maximum Gasteiger partial charge on any atom is 0.135 e. The van der Waals surface area contributed by atoms with Gasteiger partial charge in [-0.3, -0.25) is 0 Å². The molecule has 3 heteroatoms. The summed E-state index contributed by atoms with van der Waals surface area (Å²) in [5, 5.41) is 4.64. The molecule has 0 fully saturated rings. The number of rotatable bonds is 6. The second-order valence-corrected chi connectivity index (χ2v) is 6.08. The summed E-state index contributed by atoms with van der Waals surface area (Å²) in [6.45, 7) is 10.7. The van der Waals surface area contributed by atoms with Crippen LogP contribution in [0.15, 0.2) is 28.7 Å². The van der Waals surface area contributed by atoms with E-state index >= 15 is 0 Å². The molecule has 0 unspecified atom stereocenters. The SMILES string of the molecule is CCCNCc1c(COC(C)(C)C)oc2ccccc12. The lowest BCUT2D eigenvalue weighted by Crippen LogP contribution is -2.20. The van der Waals surface area contributed by atoms with Crippen molar-refractivity contribution in [1.29, 1.82) is 0 Å². The van der Waals surface area contributed by atoms with Gasteiger partial charge in [0, 0.05) is 17.5 Å². The predicted molar refractivity (Wildman–Crippen MR) is 82.8 cm³/mol. The van der Waals surface area contributed by atoms with Crippen molar-refractivity contribution in [3.8, 4) is 0 Å². The third kappa shape index (κ3) is 3.84. The Balaban J connectivity index is 2.24. The number of ether oxygens (including phenoxy) is 1. The van der Waals surface area contributed by atoms with Crippen molar-refractivity contribution in [2.45, 2.75) is 52.9 Å². The molecule has 2 rings (SSSR count). The standard InChI is InChI=1S/C17H25NO2/c1-5-10-18-11-14-13-8-6-7-9-15(13)20-16(14)12-19-17(2,3)4/h6-9,18H,5,10-12H2,1-4H3. The lowest BCUT2D eigenvalue weighted by atomic mass is 10.1. The molecule has 0 aliphatic carbocycles. The number of nitrogens with one attached hydrogen (secondary N) is 1. The molecule has 0 aliphatic heterocycles. The fourth-order valence-electron chi connectivity index (χ4n) is 2.13. The minimum Gasteiger partial charge on any atom is -0.458 e. The molecular formula is C17H25NO2. The van der Waals surface area contributed by atoms with Crippen LogP contribution in [0.5, 0.6) is 0 Å². The lowest BCUT2D eigenvalue weighted by molar-refractivity contribution is -0.0223. The molecule has 0 saturated carbocycles. The van der Waals surface area contributed by atoms with Crippen LogP contribution in [0.25, 0.3) is 11.0 Å². The molecule has 0 bridgehead atoms. The molecule has 0 saturated heterocycles. The van der Waals surface area contributed by atoms with Crippen LogP contribution in [-0.2, 0) is 17.9 Å². The minimum absolute atomic E-state index is 0.160. The molecule has 1 aromatic carbocycles. The number of furan rings is 1. The van der Waals surface area contributed by atoms with Gasteiger partial charge in [-0.2, -0.15) is 0 Å². The smallest absolute Gasteiger partial charge is 0.135 e. The Kier molecular flexibility index (Phi) is 4.84. The molecule has 0 spiro atoms. The van der Waals surface area contributed by atoms with E-state index in [1.165, 1.54) is 10.9 Å². The Labute approximate surface area is 121 Å². The molecule has 20 heavy (non-hydrogen) atoms. The van der Waals surface area contributed by atoms with Gasteiger partial charge in [-0.25, -0.2) is 0 Å². The molecule has 1 heterocycles. The van der Waals surface area contributed by atoms with Crippen LogP contribution in [0.2, 0.25) is 0 Å². The van der Waals surface area contributed by atoms with Gasteiger partial charge >= 0.3 is 0 Å². The highest BCUT2D eigenvalue weighted by Crippen LogP contribution is 2.27. The molecule has 1 N–H and O–H groups in total. The monoisotopic (exact) mass is 275 g/mol. The number of benzene rings is 1. The highest BCUT2D eigenvalue weighted by molar-refractivity contribution is 5.82. The summed E-state index contributed by atoms with van der Waals surface area (Å²) in [5.74, 6) is 0.935. The van der Waals surface area contributed by atoms with Crippen molar-refractivity contribution >= 4 is 11.0 Å². The van der Waals surface area contributed by atoms with Crippen LogP contribution in [0.3, 0.4) is 0 Å². The predicted octanol–water partition coefficient (Wildman–Crippen LogP) is 4.25. The molecule has 0 radical (unpaired) electrons. The normalized spacial score (nSPS) is 12.2. The third-order valence-electron chi connectivity index (χ3n) is 3.15. The van der Waals surface area contributed by atoms with Crippen LogP contribution in [0, 0.1) is 0 Å². The van der Waals surface area contributed by atoms with Gasteiger partial charge in [-0.15, -0.1) is 0 Å². The van der Waals surface area contributed by atoms with Crippen LogP contribution in [0.4, 0.5) is 0 Å². The maximum absolute atomic E-state index is 5.96. The topological polar surface area (TPSA) is 34.4 Å². The Morgan fingerprint density at radius 2 is 1.95 bits per heavy atom. The van der Waals surface area contributed by atoms with Crippen molar-refractivity contribution < 1.29 is 9.15 Å². The zero-order valence-corrected chi connectivity index (χ0v) is 13.0. The van der Waals surface area contributed by atoms with E-state index in [1.54, 1.807) is 0 Å². The van der Waals surface area contributed by atoms with Gasteiger partial charge in [-0.05, 0) is 39.8 Å². The van der Waals surface area contributed by atoms with Crippen LogP contribution < -0.4 is 5.32 Å². The molecular weight excluding hydrogens is 250 g/mol. The molecule has 1 aromatic heterocycles. The Hall–Kier alpha value is -1.32. The van der Waals surface area contributed by atoms with Gasteiger partial charge in [0.2, 0.25) is 0 Å². The summed E-state index contributed by atoms with van der Waals surface area (Å²) in [6, 6.07) is 8.18. The molecule has 110 valence electrons. The summed E-state index contributed by atoms with van der Waals surface area (Å²) in [6.07, 6.45) is 1.13. The summed E-state index contributed by atoms with van der Waals surface area (Å²) in [5.41, 5.74) is 2.00. The fraction of sp³-hybridized carbons (Fsp3) is 0.529. The van der Waals surface area contributed by atoms with E-state index in [4.69, 9.17) is 9.15 Å². The van der Waals surface area contributed by atoms with E-state index in [0.29, 0.717) is 6.61 Å². The lowest BCUT2D eigenvalue weighted by Gasteiger charge is -2.19. The first-order valence-corrected chi connectivity index (χ1v) is 7.35. The Bertz CT molecular complexity index is 552. The van der Waals surface area contributed by atoms with Gasteiger partial charge in [0.1, 0.15) is 18.0 Å². The zero-order valence-electron chi connectivity index (χ0n) is 13.0. The van der Waals surface area contributed by atoms with Crippen LogP contribution >= 0.6 is 0 Å². The van der Waals surface area contributed by atoms with Crippen molar-refractivity contribution in [3.63, 3.8) is 0 Å². The largest absolute Gasteiger partial charge is 0.458 e. The first kappa shape index (κ1) is 15.1. The number of hydrogen-bond donors (Lipinski definition) is 1. The number of hydrogen-bond acceptors (Lipinski definition) is 3. The number of fused-ring (bicyclic) bond motifs is 1. The van der Waals surface area contributed by atoms with E-state index < -0.39 is 0 Å². The first-order chi connectivity index (χ1) is 9.51. The van der Waals surface area contributed by atoms with E-state index in [-0.39, 0.29) is 5.60 Å². The fourth-order valence-corrected chi connectivity index (χ4v) is 2.13. The van der Waals surface area contributed by atoms with Crippen molar-refractivity contribution in [2.75, 3.05) is 6.54 Å². The van der Waals surface area contributed by atoms with Gasteiger partial charge in [-0.1, -0.05) is 25.1 Å². The van der Waals surface area contributed by atoms with Crippen LogP contribution in [-0.4, -0.2) is 12.1 Å². The molecule has 3 nitrogen and oxygen atoms in total. The molecule has 0 amide bonds. The van der Waals surface area contributed by atoms with Gasteiger partial charge in [0.05, 0.1) is 5.60 Å². The van der Waals surface area contributed by atoms with Gasteiger partial charge in [0.25, 0.3) is 0 Å². The van der Waals surface area contributed by atoms with E-state index in [0.717, 1.165) is 30.9 Å². The quantitative estimate of drug-likeness (QED) is 0.800. The van der Waals surface area contributed by atoms with Crippen molar-refractivity contribution in [1.82, 2.24) is 5.32 Å².